The lowest BCUT2D eigenvalue weighted by Gasteiger charge is -2.18. The van der Waals surface area contributed by atoms with E-state index >= 15 is 0 Å². The molecule has 0 bridgehead atoms. The molecule has 0 aliphatic carbocycles. The molecule has 202 valence electrons. The van der Waals surface area contributed by atoms with Crippen molar-refractivity contribution in [2.45, 2.75) is 6.92 Å². The van der Waals surface area contributed by atoms with Gasteiger partial charge in [0.15, 0.2) is 0 Å². The molecule has 0 N–H and O–H groups in total. The van der Waals surface area contributed by atoms with E-state index < -0.39 is 0 Å². The lowest BCUT2D eigenvalue weighted by Crippen LogP contribution is -1.91. The van der Waals surface area contributed by atoms with Crippen LogP contribution in [0.5, 0.6) is 0 Å². The highest BCUT2D eigenvalue weighted by Crippen LogP contribution is 2.44. The van der Waals surface area contributed by atoms with E-state index in [1.54, 1.807) is 0 Å². The topological polar surface area (TPSA) is 12.9 Å². The van der Waals surface area contributed by atoms with Crippen LogP contribution in [0.15, 0.2) is 158 Å². The molecule has 0 unspecified atom stereocenters. The van der Waals surface area contributed by atoms with Gasteiger partial charge in [0.1, 0.15) is 0 Å². The van der Waals surface area contributed by atoms with E-state index in [0.717, 1.165) is 0 Å². The first-order chi connectivity index (χ1) is 21.2. The van der Waals surface area contributed by atoms with Gasteiger partial charge in [0.25, 0.3) is 0 Å². The van der Waals surface area contributed by atoms with Gasteiger partial charge in [-0.25, -0.2) is 0 Å². The Morgan fingerprint density at radius 1 is 0.349 bits per heavy atom. The average molecular weight is 548 g/mol. The number of pyridine rings is 1. The van der Waals surface area contributed by atoms with Gasteiger partial charge in [0.05, 0.1) is 0 Å². The molecule has 0 aliphatic heterocycles. The first-order valence-electron chi connectivity index (χ1n) is 14.8. The third-order valence-corrected chi connectivity index (χ3v) is 8.63. The fraction of sp³-hybridized carbons (Fsp3) is 0.0238. The third-order valence-electron chi connectivity index (χ3n) is 8.63. The van der Waals surface area contributed by atoms with Gasteiger partial charge in [-0.2, -0.15) is 0 Å². The number of hydrogen-bond donors (Lipinski definition) is 0. The highest BCUT2D eigenvalue weighted by atomic mass is 14.6. The second-order valence-electron chi connectivity index (χ2n) is 11.3. The lowest BCUT2D eigenvalue weighted by molar-refractivity contribution is 1.33. The summed E-state index contributed by atoms with van der Waals surface area (Å²) in [6.07, 6.45) is 3.68. The van der Waals surface area contributed by atoms with E-state index in [-0.39, 0.29) is 0 Å². The summed E-state index contributed by atoms with van der Waals surface area (Å²) in [4.78, 5) is 4.15. The number of fused-ring (bicyclic) bond motifs is 3. The monoisotopic (exact) mass is 547 g/mol. The normalized spacial score (nSPS) is 11.4. The van der Waals surface area contributed by atoms with Crippen molar-refractivity contribution < 1.29 is 0 Å². The fourth-order valence-corrected chi connectivity index (χ4v) is 6.45. The van der Waals surface area contributed by atoms with Crippen LogP contribution in [0.25, 0.3) is 76.8 Å². The van der Waals surface area contributed by atoms with Gasteiger partial charge in [-0.1, -0.05) is 127 Å². The van der Waals surface area contributed by atoms with E-state index in [1.165, 1.54) is 82.4 Å². The first-order valence-corrected chi connectivity index (χ1v) is 14.8. The van der Waals surface area contributed by atoms with Crippen molar-refractivity contribution in [3.05, 3.63) is 164 Å². The van der Waals surface area contributed by atoms with Crippen LogP contribution in [-0.2, 0) is 0 Å². The summed E-state index contributed by atoms with van der Waals surface area (Å²) in [5.41, 5.74) is 11.2. The molecule has 1 aromatic heterocycles. The number of rotatable bonds is 4. The SMILES string of the molecule is Cc1ccc(-c2c3ccccc3c(-c3ccc4ccc(-c5ccc(-c6ccncc6)cc5)cc4c3)c3ccccc23)cc1. The zero-order valence-corrected chi connectivity index (χ0v) is 24.0. The Kier molecular flexibility index (Phi) is 6.09. The molecular formula is C42H29N. The highest BCUT2D eigenvalue weighted by Gasteiger charge is 2.16. The largest absolute Gasteiger partial charge is 0.265 e. The number of hydrogen-bond acceptors (Lipinski definition) is 1. The summed E-state index contributed by atoms with van der Waals surface area (Å²) < 4.78 is 0. The Hall–Kier alpha value is -5.53. The molecule has 43 heavy (non-hydrogen) atoms. The summed E-state index contributed by atoms with van der Waals surface area (Å²) in [6, 6.07) is 53.3. The molecule has 0 saturated heterocycles. The van der Waals surface area contributed by atoms with Crippen LogP contribution in [0.3, 0.4) is 0 Å². The molecule has 1 heterocycles. The van der Waals surface area contributed by atoms with Crippen molar-refractivity contribution in [1.82, 2.24) is 4.98 Å². The summed E-state index contributed by atoms with van der Waals surface area (Å²) in [5, 5.41) is 7.60. The molecule has 8 rings (SSSR count). The van der Waals surface area contributed by atoms with E-state index in [2.05, 4.69) is 145 Å². The molecule has 8 aromatic rings. The molecule has 0 atom stereocenters. The molecule has 7 aromatic carbocycles. The van der Waals surface area contributed by atoms with Gasteiger partial charge in [0, 0.05) is 12.4 Å². The number of aryl methyl sites for hydroxylation is 1. The maximum absolute atomic E-state index is 4.15. The van der Waals surface area contributed by atoms with Gasteiger partial charge < -0.3 is 0 Å². The van der Waals surface area contributed by atoms with Gasteiger partial charge in [0.2, 0.25) is 0 Å². The molecule has 0 saturated carbocycles. The van der Waals surface area contributed by atoms with Gasteiger partial charge >= 0.3 is 0 Å². The summed E-state index contributed by atoms with van der Waals surface area (Å²) in [5.74, 6) is 0. The summed E-state index contributed by atoms with van der Waals surface area (Å²) in [6.45, 7) is 2.14. The smallest absolute Gasteiger partial charge is 0.0273 e. The molecule has 1 heteroatoms. The van der Waals surface area contributed by atoms with Crippen molar-refractivity contribution >= 4 is 32.3 Å². The van der Waals surface area contributed by atoms with Crippen LogP contribution >= 0.6 is 0 Å². The number of benzene rings is 7. The lowest BCUT2D eigenvalue weighted by atomic mass is 9.85. The molecule has 0 spiro atoms. The predicted octanol–water partition coefficient (Wildman–Crippen LogP) is 11.5. The average Bonchev–Trinajstić information content (AvgIpc) is 3.07. The number of aromatic nitrogens is 1. The summed E-state index contributed by atoms with van der Waals surface area (Å²) in [7, 11) is 0. The van der Waals surface area contributed by atoms with Gasteiger partial charge in [-0.15, -0.1) is 0 Å². The minimum Gasteiger partial charge on any atom is -0.265 e. The first kappa shape index (κ1) is 25.2. The minimum atomic E-state index is 1.18. The van der Waals surface area contributed by atoms with Crippen LogP contribution in [0, 0.1) is 6.92 Å². The molecule has 0 fully saturated rings. The van der Waals surface area contributed by atoms with Crippen LogP contribution in [0.2, 0.25) is 0 Å². The van der Waals surface area contributed by atoms with Crippen LogP contribution < -0.4 is 0 Å². The minimum absolute atomic E-state index is 1.18. The number of nitrogens with zero attached hydrogens (tertiary/aromatic N) is 1. The van der Waals surface area contributed by atoms with Crippen molar-refractivity contribution in [1.29, 1.82) is 0 Å². The van der Waals surface area contributed by atoms with Crippen molar-refractivity contribution in [3.63, 3.8) is 0 Å². The maximum Gasteiger partial charge on any atom is 0.0273 e. The van der Waals surface area contributed by atoms with E-state index in [4.69, 9.17) is 0 Å². The molecule has 0 amide bonds. The van der Waals surface area contributed by atoms with Crippen molar-refractivity contribution in [2.24, 2.45) is 0 Å². The van der Waals surface area contributed by atoms with Gasteiger partial charge in [-0.3, -0.25) is 4.98 Å². The Morgan fingerprint density at radius 3 is 1.35 bits per heavy atom. The van der Waals surface area contributed by atoms with Crippen LogP contribution in [0.1, 0.15) is 5.56 Å². The van der Waals surface area contributed by atoms with Crippen molar-refractivity contribution in [2.75, 3.05) is 0 Å². The Bertz CT molecular complexity index is 2200. The summed E-state index contributed by atoms with van der Waals surface area (Å²) >= 11 is 0. The van der Waals surface area contributed by atoms with Gasteiger partial charge in [-0.05, 0) is 108 Å². The van der Waals surface area contributed by atoms with Crippen LogP contribution in [-0.4, -0.2) is 4.98 Å². The van der Waals surface area contributed by atoms with Crippen molar-refractivity contribution in [3.8, 4) is 44.5 Å². The molecule has 0 aliphatic rings. The second-order valence-corrected chi connectivity index (χ2v) is 11.3. The van der Waals surface area contributed by atoms with Crippen LogP contribution in [0.4, 0.5) is 0 Å². The molecule has 1 nitrogen and oxygen atoms in total. The third kappa shape index (κ3) is 4.47. The zero-order valence-electron chi connectivity index (χ0n) is 24.0. The quantitative estimate of drug-likeness (QED) is 0.200. The predicted molar refractivity (Wildman–Crippen MR) is 183 cm³/mol. The standard InChI is InChI=1S/C42H29N/c1-28-10-12-33(13-11-28)41-37-6-2-4-8-39(37)42(40-9-5-3-7-38(40)41)35-21-19-31-18-20-34(26-36(31)27-35)30-16-14-29(15-17-30)32-22-24-43-25-23-32/h2-27H,1H3. The van der Waals surface area contributed by atoms with E-state index in [9.17, 15) is 0 Å². The van der Waals surface area contributed by atoms with E-state index in [0.29, 0.717) is 0 Å². The Balaban J connectivity index is 1.29. The zero-order chi connectivity index (χ0) is 28.8. The van der Waals surface area contributed by atoms with E-state index in [1.807, 2.05) is 24.5 Å². The molecule has 0 radical (unpaired) electrons. The second kappa shape index (κ2) is 10.4. The Labute approximate surface area is 251 Å². The maximum atomic E-state index is 4.15. The Morgan fingerprint density at radius 2 is 0.767 bits per heavy atom. The fourth-order valence-electron chi connectivity index (χ4n) is 6.45. The highest BCUT2D eigenvalue weighted by molar-refractivity contribution is 6.21. The molecular weight excluding hydrogens is 518 g/mol.